The van der Waals surface area contributed by atoms with Crippen molar-refractivity contribution in [2.45, 2.75) is 38.6 Å². The van der Waals surface area contributed by atoms with Crippen LogP contribution < -0.4 is 5.56 Å². The Labute approximate surface area is 161 Å². The van der Waals surface area contributed by atoms with Gasteiger partial charge in [0, 0.05) is 31.6 Å². The van der Waals surface area contributed by atoms with Gasteiger partial charge in [0.25, 0.3) is 11.5 Å². The third kappa shape index (κ3) is 3.64. The van der Waals surface area contributed by atoms with Crippen LogP contribution in [0.4, 0.5) is 0 Å². The molecule has 1 saturated heterocycles. The van der Waals surface area contributed by atoms with Crippen molar-refractivity contribution in [3.05, 3.63) is 57.5 Å². The number of likely N-dealkylation sites (tertiary alicyclic amines) is 1. The Morgan fingerprint density at radius 2 is 1.96 bits per heavy atom. The van der Waals surface area contributed by atoms with Gasteiger partial charge in [-0.3, -0.25) is 9.59 Å². The molecule has 140 valence electrons. The molecule has 3 aromatic rings. The molecule has 0 bridgehead atoms. The van der Waals surface area contributed by atoms with Crippen LogP contribution in [0.1, 0.15) is 47.6 Å². The third-order valence-corrected chi connectivity index (χ3v) is 6.16. The van der Waals surface area contributed by atoms with E-state index < -0.39 is 0 Å². The van der Waals surface area contributed by atoms with Crippen LogP contribution in [0.3, 0.4) is 0 Å². The van der Waals surface area contributed by atoms with E-state index in [9.17, 15) is 9.59 Å². The first kappa shape index (κ1) is 17.9. The topological polar surface area (TPSA) is 68.1 Å². The smallest absolute Gasteiger partial charge is 0.274 e. The standard InChI is InChI=1S/C20H22N4O2S/c1-2-11-24-18(25)8-7-16(22-24)20(26)23-12-9-14(10-13-23)19-21-15-5-3-4-6-17(15)27-19/h3-8,14H,2,9-13H2,1H3. The fraction of sp³-hybridized carbons (Fsp3) is 0.400. The van der Waals surface area contributed by atoms with E-state index in [4.69, 9.17) is 4.98 Å². The van der Waals surface area contributed by atoms with Gasteiger partial charge in [0.05, 0.1) is 15.2 Å². The van der Waals surface area contributed by atoms with Gasteiger partial charge in [-0.25, -0.2) is 9.67 Å². The summed E-state index contributed by atoms with van der Waals surface area (Å²) in [7, 11) is 0. The number of carbonyl (C=O) groups is 1. The molecule has 1 fully saturated rings. The van der Waals surface area contributed by atoms with Gasteiger partial charge in [0.15, 0.2) is 0 Å². The molecule has 2 aromatic heterocycles. The van der Waals surface area contributed by atoms with Crippen LogP contribution in [0.2, 0.25) is 0 Å². The van der Waals surface area contributed by atoms with Crippen LogP contribution in [0.15, 0.2) is 41.2 Å². The summed E-state index contributed by atoms with van der Waals surface area (Å²) in [6, 6.07) is 11.2. The van der Waals surface area contributed by atoms with Gasteiger partial charge < -0.3 is 4.90 Å². The van der Waals surface area contributed by atoms with E-state index in [0.717, 1.165) is 29.8 Å². The molecule has 7 heteroatoms. The molecule has 0 N–H and O–H groups in total. The van der Waals surface area contributed by atoms with Gasteiger partial charge in [-0.05, 0) is 37.5 Å². The van der Waals surface area contributed by atoms with Crippen molar-refractivity contribution >= 4 is 27.5 Å². The van der Waals surface area contributed by atoms with Crippen molar-refractivity contribution in [3.63, 3.8) is 0 Å². The number of rotatable bonds is 4. The number of aromatic nitrogens is 3. The molecule has 0 aliphatic carbocycles. The average Bonchev–Trinajstić information content (AvgIpc) is 3.14. The average molecular weight is 382 g/mol. The lowest BCUT2D eigenvalue weighted by Crippen LogP contribution is -2.39. The lowest BCUT2D eigenvalue weighted by Gasteiger charge is -2.30. The Morgan fingerprint density at radius 3 is 2.70 bits per heavy atom. The number of fused-ring (bicyclic) bond motifs is 1. The highest BCUT2D eigenvalue weighted by atomic mass is 32.1. The lowest BCUT2D eigenvalue weighted by atomic mass is 9.97. The minimum Gasteiger partial charge on any atom is -0.337 e. The van der Waals surface area contributed by atoms with E-state index in [1.165, 1.54) is 21.5 Å². The molecule has 0 atom stereocenters. The molecule has 1 aromatic carbocycles. The van der Waals surface area contributed by atoms with Crippen molar-refractivity contribution in [1.29, 1.82) is 0 Å². The number of thiazole rings is 1. The number of carbonyl (C=O) groups excluding carboxylic acids is 1. The van der Waals surface area contributed by atoms with Gasteiger partial charge in [0.2, 0.25) is 0 Å². The SMILES string of the molecule is CCCn1nc(C(=O)N2CCC(c3nc4ccccc4s3)CC2)ccc1=O. The number of para-hydroxylation sites is 1. The Bertz CT molecular complexity index is 985. The second-order valence-electron chi connectivity index (χ2n) is 6.87. The maximum atomic E-state index is 12.8. The molecule has 27 heavy (non-hydrogen) atoms. The van der Waals surface area contributed by atoms with Gasteiger partial charge in [-0.15, -0.1) is 11.3 Å². The van der Waals surface area contributed by atoms with Crippen molar-refractivity contribution in [3.8, 4) is 0 Å². The number of hydrogen-bond donors (Lipinski definition) is 0. The Balaban J connectivity index is 1.45. The van der Waals surface area contributed by atoms with E-state index in [1.54, 1.807) is 11.3 Å². The van der Waals surface area contributed by atoms with Crippen LogP contribution in [0, 0.1) is 0 Å². The van der Waals surface area contributed by atoms with Crippen molar-refractivity contribution in [2.75, 3.05) is 13.1 Å². The van der Waals surface area contributed by atoms with Gasteiger partial charge in [-0.1, -0.05) is 19.1 Å². The zero-order chi connectivity index (χ0) is 18.8. The normalized spacial score (nSPS) is 15.4. The Morgan fingerprint density at radius 1 is 1.19 bits per heavy atom. The Hall–Kier alpha value is -2.54. The summed E-state index contributed by atoms with van der Waals surface area (Å²) in [5.74, 6) is 0.302. The van der Waals surface area contributed by atoms with E-state index in [0.29, 0.717) is 31.2 Å². The second kappa shape index (κ2) is 7.60. The summed E-state index contributed by atoms with van der Waals surface area (Å²) in [5, 5.41) is 5.41. The summed E-state index contributed by atoms with van der Waals surface area (Å²) < 4.78 is 2.59. The number of hydrogen-bond acceptors (Lipinski definition) is 5. The molecule has 3 heterocycles. The molecule has 6 nitrogen and oxygen atoms in total. The molecular weight excluding hydrogens is 360 g/mol. The number of benzene rings is 1. The zero-order valence-corrected chi connectivity index (χ0v) is 16.1. The van der Waals surface area contributed by atoms with Crippen LogP contribution in [-0.4, -0.2) is 38.7 Å². The summed E-state index contributed by atoms with van der Waals surface area (Å²) in [4.78, 5) is 31.2. The first-order valence-electron chi connectivity index (χ1n) is 9.38. The van der Waals surface area contributed by atoms with Gasteiger partial charge >= 0.3 is 0 Å². The van der Waals surface area contributed by atoms with Crippen LogP contribution in [0.5, 0.6) is 0 Å². The summed E-state index contributed by atoms with van der Waals surface area (Å²) in [6.45, 7) is 3.89. The fourth-order valence-electron chi connectivity index (χ4n) is 3.49. The van der Waals surface area contributed by atoms with Crippen LogP contribution in [-0.2, 0) is 6.54 Å². The minimum absolute atomic E-state index is 0.0948. The number of piperidine rings is 1. The maximum absolute atomic E-state index is 12.8. The predicted molar refractivity (Wildman–Crippen MR) is 106 cm³/mol. The van der Waals surface area contributed by atoms with Crippen LogP contribution >= 0.6 is 11.3 Å². The summed E-state index contributed by atoms with van der Waals surface area (Å²) in [5.41, 5.74) is 1.24. The minimum atomic E-state index is -0.164. The van der Waals surface area contributed by atoms with E-state index in [1.807, 2.05) is 30.0 Å². The highest BCUT2D eigenvalue weighted by Gasteiger charge is 2.27. The highest BCUT2D eigenvalue weighted by Crippen LogP contribution is 2.33. The molecule has 0 radical (unpaired) electrons. The van der Waals surface area contributed by atoms with Crippen molar-refractivity contribution in [2.24, 2.45) is 0 Å². The first-order chi connectivity index (χ1) is 13.2. The van der Waals surface area contributed by atoms with Crippen molar-refractivity contribution < 1.29 is 4.79 Å². The molecule has 0 saturated carbocycles. The summed E-state index contributed by atoms with van der Waals surface area (Å²) in [6.07, 6.45) is 2.61. The highest BCUT2D eigenvalue weighted by molar-refractivity contribution is 7.18. The maximum Gasteiger partial charge on any atom is 0.274 e. The quantitative estimate of drug-likeness (QED) is 0.694. The lowest BCUT2D eigenvalue weighted by molar-refractivity contribution is 0.0704. The molecular formula is C20H22N4O2S. The number of nitrogens with zero attached hydrogens (tertiary/aromatic N) is 4. The molecule has 0 unspecified atom stereocenters. The fourth-order valence-corrected chi connectivity index (χ4v) is 4.63. The largest absolute Gasteiger partial charge is 0.337 e. The zero-order valence-electron chi connectivity index (χ0n) is 15.3. The first-order valence-corrected chi connectivity index (χ1v) is 10.2. The second-order valence-corrected chi connectivity index (χ2v) is 7.93. The molecule has 1 aliphatic heterocycles. The van der Waals surface area contributed by atoms with Crippen LogP contribution in [0.25, 0.3) is 10.2 Å². The van der Waals surface area contributed by atoms with E-state index in [-0.39, 0.29) is 11.5 Å². The molecule has 0 spiro atoms. The molecule has 1 aliphatic rings. The van der Waals surface area contributed by atoms with Gasteiger partial charge in [-0.2, -0.15) is 5.10 Å². The van der Waals surface area contributed by atoms with Crippen molar-refractivity contribution in [1.82, 2.24) is 19.7 Å². The Kier molecular flexibility index (Phi) is 5.03. The van der Waals surface area contributed by atoms with Gasteiger partial charge in [0.1, 0.15) is 5.69 Å². The number of aryl methyl sites for hydroxylation is 1. The third-order valence-electron chi connectivity index (χ3n) is 4.96. The molecule has 4 rings (SSSR count). The number of amides is 1. The predicted octanol–water partition coefficient (Wildman–Crippen LogP) is 3.28. The van der Waals surface area contributed by atoms with E-state index >= 15 is 0 Å². The monoisotopic (exact) mass is 382 g/mol. The molecule has 1 amide bonds. The van der Waals surface area contributed by atoms with E-state index in [2.05, 4.69) is 11.2 Å². The summed E-state index contributed by atoms with van der Waals surface area (Å²) >= 11 is 1.75.